The van der Waals surface area contributed by atoms with E-state index in [0.717, 1.165) is 11.6 Å². The van der Waals surface area contributed by atoms with E-state index in [4.69, 9.17) is 9.47 Å². The first kappa shape index (κ1) is 12.0. The minimum Gasteiger partial charge on any atom is -0.350 e. The third kappa shape index (κ3) is 2.44. The van der Waals surface area contributed by atoms with E-state index in [2.05, 4.69) is 17.3 Å². The van der Waals surface area contributed by atoms with Crippen molar-refractivity contribution in [2.75, 3.05) is 14.2 Å². The summed E-state index contributed by atoms with van der Waals surface area (Å²) in [5.41, 5.74) is 0.907. The predicted octanol–water partition coefficient (Wildman–Crippen LogP) is 3.34. The lowest BCUT2D eigenvalue weighted by Gasteiger charge is -2.10. The average molecular weight is 241 g/mol. The fourth-order valence-electron chi connectivity index (χ4n) is 2.37. The molecular weight excluding hydrogens is 222 g/mol. The van der Waals surface area contributed by atoms with Crippen molar-refractivity contribution in [2.24, 2.45) is 5.92 Å². The van der Waals surface area contributed by atoms with Crippen molar-refractivity contribution in [3.63, 3.8) is 0 Å². The molecule has 0 aromatic carbocycles. The minimum atomic E-state index is -0.316. The lowest BCUT2D eigenvalue weighted by atomic mass is 10.1. The van der Waals surface area contributed by atoms with Gasteiger partial charge in [0.25, 0.3) is 0 Å². The molecule has 0 bridgehead atoms. The van der Waals surface area contributed by atoms with Crippen LogP contribution >= 0.6 is 11.3 Å². The fourth-order valence-corrected chi connectivity index (χ4v) is 3.34. The van der Waals surface area contributed by atoms with E-state index in [1.807, 2.05) is 0 Å². The molecule has 0 saturated heterocycles. The van der Waals surface area contributed by atoms with Gasteiger partial charge in [0, 0.05) is 25.5 Å². The normalized spacial score (nSPS) is 25.5. The standard InChI is InChI=1S/C12H19NO2S/c1-8-4-5-9(6-8)11-13-10(7-16-11)12(14-2)15-3/h7-9,12H,4-6H2,1-3H3. The summed E-state index contributed by atoms with van der Waals surface area (Å²) >= 11 is 1.74. The van der Waals surface area contributed by atoms with Gasteiger partial charge >= 0.3 is 0 Å². The third-order valence-electron chi connectivity index (χ3n) is 3.25. The molecule has 16 heavy (non-hydrogen) atoms. The summed E-state index contributed by atoms with van der Waals surface area (Å²) in [5, 5.41) is 3.30. The molecule has 1 aliphatic carbocycles. The number of ether oxygens (including phenoxy) is 2. The Morgan fingerprint density at radius 2 is 2.12 bits per heavy atom. The van der Waals surface area contributed by atoms with Crippen molar-refractivity contribution < 1.29 is 9.47 Å². The number of nitrogens with zero attached hydrogens (tertiary/aromatic N) is 1. The van der Waals surface area contributed by atoms with Crippen molar-refractivity contribution in [1.82, 2.24) is 4.98 Å². The maximum atomic E-state index is 5.20. The summed E-state index contributed by atoms with van der Waals surface area (Å²) in [4.78, 5) is 4.64. The summed E-state index contributed by atoms with van der Waals surface area (Å²) in [7, 11) is 3.29. The third-order valence-corrected chi connectivity index (χ3v) is 4.28. The fraction of sp³-hybridized carbons (Fsp3) is 0.750. The van der Waals surface area contributed by atoms with Gasteiger partial charge in [-0.15, -0.1) is 11.3 Å². The van der Waals surface area contributed by atoms with Crippen molar-refractivity contribution in [3.05, 3.63) is 16.1 Å². The molecular formula is C12H19NO2S. The largest absolute Gasteiger partial charge is 0.350 e. The van der Waals surface area contributed by atoms with Crippen LogP contribution < -0.4 is 0 Å². The van der Waals surface area contributed by atoms with Gasteiger partial charge in [-0.2, -0.15) is 0 Å². The zero-order chi connectivity index (χ0) is 11.5. The van der Waals surface area contributed by atoms with Gasteiger partial charge in [-0.3, -0.25) is 0 Å². The summed E-state index contributed by atoms with van der Waals surface area (Å²) in [6.45, 7) is 2.32. The van der Waals surface area contributed by atoms with Gasteiger partial charge < -0.3 is 9.47 Å². The quantitative estimate of drug-likeness (QED) is 0.758. The zero-order valence-electron chi connectivity index (χ0n) is 10.1. The van der Waals surface area contributed by atoms with Gasteiger partial charge in [-0.05, 0) is 18.8 Å². The van der Waals surface area contributed by atoms with Crippen molar-refractivity contribution >= 4 is 11.3 Å². The Kier molecular flexibility index (Phi) is 3.95. The highest BCUT2D eigenvalue weighted by molar-refractivity contribution is 7.09. The predicted molar refractivity (Wildman–Crippen MR) is 64.6 cm³/mol. The first-order valence-electron chi connectivity index (χ1n) is 5.75. The molecule has 1 heterocycles. The Hall–Kier alpha value is -0.450. The molecule has 0 radical (unpaired) electrons. The molecule has 4 heteroatoms. The first-order chi connectivity index (χ1) is 7.74. The van der Waals surface area contributed by atoms with Gasteiger partial charge in [-0.1, -0.05) is 13.3 Å². The molecule has 1 aromatic heterocycles. The second-order valence-corrected chi connectivity index (χ2v) is 5.42. The van der Waals surface area contributed by atoms with E-state index in [0.29, 0.717) is 5.92 Å². The average Bonchev–Trinajstić information content (AvgIpc) is 2.89. The molecule has 2 unspecified atom stereocenters. The lowest BCUT2D eigenvalue weighted by Crippen LogP contribution is -2.04. The number of rotatable bonds is 4. The van der Waals surface area contributed by atoms with Crippen LogP contribution in [0.25, 0.3) is 0 Å². The number of aromatic nitrogens is 1. The van der Waals surface area contributed by atoms with E-state index in [-0.39, 0.29) is 6.29 Å². The molecule has 3 nitrogen and oxygen atoms in total. The van der Waals surface area contributed by atoms with Crippen molar-refractivity contribution in [3.8, 4) is 0 Å². The molecule has 2 atom stereocenters. The molecule has 0 N–H and O–H groups in total. The van der Waals surface area contributed by atoms with Gasteiger partial charge in [0.15, 0.2) is 0 Å². The number of hydrogen-bond donors (Lipinski definition) is 0. The van der Waals surface area contributed by atoms with Crippen LogP contribution in [-0.2, 0) is 9.47 Å². The Balaban J connectivity index is 2.07. The number of hydrogen-bond acceptors (Lipinski definition) is 4. The van der Waals surface area contributed by atoms with Crippen LogP contribution in [0, 0.1) is 5.92 Å². The smallest absolute Gasteiger partial charge is 0.201 e. The first-order valence-corrected chi connectivity index (χ1v) is 6.63. The van der Waals surface area contributed by atoms with Crippen molar-refractivity contribution in [1.29, 1.82) is 0 Å². The summed E-state index contributed by atoms with van der Waals surface area (Å²) in [6.07, 6.45) is 3.57. The monoisotopic (exact) mass is 241 g/mol. The molecule has 1 aliphatic rings. The van der Waals surface area contributed by atoms with Crippen LogP contribution in [-0.4, -0.2) is 19.2 Å². The Labute approximate surface area is 101 Å². The van der Waals surface area contributed by atoms with E-state index < -0.39 is 0 Å². The van der Waals surface area contributed by atoms with E-state index in [1.54, 1.807) is 25.6 Å². The highest BCUT2D eigenvalue weighted by atomic mass is 32.1. The van der Waals surface area contributed by atoms with Gasteiger partial charge in [0.05, 0.1) is 5.01 Å². The second kappa shape index (κ2) is 5.25. The van der Waals surface area contributed by atoms with Crippen LogP contribution in [0.15, 0.2) is 5.38 Å². The molecule has 2 rings (SSSR count). The zero-order valence-corrected chi connectivity index (χ0v) is 10.9. The molecule has 1 saturated carbocycles. The maximum absolute atomic E-state index is 5.20. The molecule has 0 spiro atoms. The maximum Gasteiger partial charge on any atom is 0.201 e. The van der Waals surface area contributed by atoms with Crippen LogP contribution in [0.5, 0.6) is 0 Å². The van der Waals surface area contributed by atoms with E-state index >= 15 is 0 Å². The van der Waals surface area contributed by atoms with Crippen LogP contribution in [0.1, 0.15) is 49.1 Å². The van der Waals surface area contributed by atoms with Crippen LogP contribution in [0.4, 0.5) is 0 Å². The second-order valence-electron chi connectivity index (χ2n) is 4.53. The molecule has 1 aromatic rings. The summed E-state index contributed by atoms with van der Waals surface area (Å²) in [6, 6.07) is 0. The summed E-state index contributed by atoms with van der Waals surface area (Å²) < 4.78 is 10.4. The molecule has 90 valence electrons. The SMILES string of the molecule is COC(OC)c1csc(C2CCC(C)C2)n1. The highest BCUT2D eigenvalue weighted by Crippen LogP contribution is 2.39. The molecule has 0 aliphatic heterocycles. The molecule has 0 amide bonds. The van der Waals surface area contributed by atoms with Gasteiger partial charge in [0.1, 0.15) is 5.69 Å². The minimum absolute atomic E-state index is 0.316. The van der Waals surface area contributed by atoms with E-state index in [9.17, 15) is 0 Å². The Bertz CT molecular complexity index is 336. The van der Waals surface area contributed by atoms with E-state index in [1.165, 1.54) is 24.3 Å². The van der Waals surface area contributed by atoms with Gasteiger partial charge in [0.2, 0.25) is 6.29 Å². The van der Waals surface area contributed by atoms with Crippen LogP contribution in [0.3, 0.4) is 0 Å². The Morgan fingerprint density at radius 3 is 2.69 bits per heavy atom. The Morgan fingerprint density at radius 1 is 1.38 bits per heavy atom. The van der Waals surface area contributed by atoms with Crippen molar-refractivity contribution in [2.45, 2.75) is 38.4 Å². The number of thiazole rings is 1. The van der Waals surface area contributed by atoms with Gasteiger partial charge in [-0.25, -0.2) is 4.98 Å². The van der Waals surface area contributed by atoms with Crippen LogP contribution in [0.2, 0.25) is 0 Å². The summed E-state index contributed by atoms with van der Waals surface area (Å²) in [5.74, 6) is 1.50. The topological polar surface area (TPSA) is 31.4 Å². The lowest BCUT2D eigenvalue weighted by molar-refractivity contribution is -0.108. The molecule has 1 fully saturated rings. The number of methoxy groups -OCH3 is 2. The highest BCUT2D eigenvalue weighted by Gasteiger charge is 2.26.